The van der Waals surface area contributed by atoms with Gasteiger partial charge in [0.05, 0.1) is 11.0 Å². The van der Waals surface area contributed by atoms with Gasteiger partial charge >= 0.3 is 0 Å². The van der Waals surface area contributed by atoms with E-state index in [2.05, 4.69) is 55.5 Å². The molecule has 0 saturated heterocycles. The average molecular weight is 308 g/mol. The highest BCUT2D eigenvalue weighted by Gasteiger charge is 2.12. The van der Waals surface area contributed by atoms with Crippen LogP contribution in [0.4, 0.5) is 0 Å². The van der Waals surface area contributed by atoms with Crippen LogP contribution in [0.2, 0.25) is 0 Å². The molecule has 21 heavy (non-hydrogen) atoms. The van der Waals surface area contributed by atoms with Crippen LogP contribution in [0.1, 0.15) is 31.7 Å². The number of imidazole rings is 1. The van der Waals surface area contributed by atoms with Crippen LogP contribution in [0.5, 0.6) is 0 Å². The van der Waals surface area contributed by atoms with E-state index in [4.69, 9.17) is 16.6 Å². The van der Waals surface area contributed by atoms with Crippen molar-refractivity contribution >= 4 is 22.6 Å². The van der Waals surface area contributed by atoms with Crippen molar-refractivity contribution in [3.63, 3.8) is 0 Å². The van der Waals surface area contributed by atoms with Gasteiger partial charge in [0.1, 0.15) is 5.82 Å². The maximum Gasteiger partial charge on any atom is 0.111 e. The second-order valence-corrected chi connectivity index (χ2v) is 6.23. The first-order valence-electron chi connectivity index (χ1n) is 7.78. The highest BCUT2D eigenvalue weighted by molar-refractivity contribution is 6.17. The van der Waals surface area contributed by atoms with Gasteiger partial charge in [-0.15, -0.1) is 11.6 Å². The van der Waals surface area contributed by atoms with E-state index in [0.29, 0.717) is 11.9 Å². The number of rotatable bonds is 7. The molecule has 0 N–H and O–H groups in total. The molecule has 1 aromatic carbocycles. The molecule has 0 radical (unpaired) electrons. The summed E-state index contributed by atoms with van der Waals surface area (Å²) in [5.41, 5.74) is 3.58. The van der Waals surface area contributed by atoms with E-state index >= 15 is 0 Å². The Hall–Kier alpha value is -1.06. The van der Waals surface area contributed by atoms with Crippen LogP contribution >= 0.6 is 11.6 Å². The summed E-state index contributed by atoms with van der Waals surface area (Å²) in [6.45, 7) is 8.63. The summed E-state index contributed by atoms with van der Waals surface area (Å²) in [6.07, 6.45) is 2.00. The topological polar surface area (TPSA) is 21.1 Å². The quantitative estimate of drug-likeness (QED) is 0.724. The van der Waals surface area contributed by atoms with Crippen LogP contribution in [0, 0.1) is 6.92 Å². The molecule has 3 nitrogen and oxygen atoms in total. The minimum Gasteiger partial charge on any atom is -0.327 e. The summed E-state index contributed by atoms with van der Waals surface area (Å²) < 4.78 is 2.34. The molecule has 2 rings (SSSR count). The third kappa shape index (κ3) is 3.78. The van der Waals surface area contributed by atoms with E-state index in [1.165, 1.54) is 17.5 Å². The van der Waals surface area contributed by atoms with Crippen molar-refractivity contribution in [2.75, 3.05) is 19.5 Å². The highest BCUT2D eigenvalue weighted by Crippen LogP contribution is 2.19. The van der Waals surface area contributed by atoms with Gasteiger partial charge in [-0.2, -0.15) is 0 Å². The molecular weight excluding hydrogens is 282 g/mol. The number of alkyl halides is 1. The van der Waals surface area contributed by atoms with Gasteiger partial charge in [-0.25, -0.2) is 4.98 Å². The second kappa shape index (κ2) is 7.28. The number of hydrogen-bond donors (Lipinski definition) is 0. The van der Waals surface area contributed by atoms with Crippen molar-refractivity contribution in [2.24, 2.45) is 0 Å². The lowest BCUT2D eigenvalue weighted by atomic mass is 10.2. The van der Waals surface area contributed by atoms with Gasteiger partial charge in [-0.05, 0) is 45.0 Å². The molecule has 2 aromatic rings. The van der Waals surface area contributed by atoms with Crippen LogP contribution in [0.3, 0.4) is 0 Å². The first kappa shape index (κ1) is 16.3. The zero-order valence-electron chi connectivity index (χ0n) is 13.6. The van der Waals surface area contributed by atoms with Crippen LogP contribution in [0.25, 0.3) is 11.0 Å². The van der Waals surface area contributed by atoms with Crippen LogP contribution in [-0.4, -0.2) is 40.0 Å². The van der Waals surface area contributed by atoms with Gasteiger partial charge in [0.2, 0.25) is 0 Å². The molecule has 1 atom stereocenters. The number of halogens is 1. The summed E-state index contributed by atoms with van der Waals surface area (Å²) in [6, 6.07) is 7.06. The second-order valence-electron chi connectivity index (χ2n) is 5.85. The van der Waals surface area contributed by atoms with Crippen molar-refractivity contribution < 1.29 is 0 Å². The Kier molecular flexibility index (Phi) is 5.65. The SMILES string of the molecule is CCC(C)N(C)CCn1c(CCCl)nc2ccc(C)cc21. The molecule has 0 aliphatic carbocycles. The maximum absolute atomic E-state index is 5.94. The molecule has 1 unspecified atom stereocenters. The number of likely N-dealkylation sites (N-methyl/N-ethyl adjacent to an activating group) is 1. The Morgan fingerprint density at radius 3 is 2.81 bits per heavy atom. The standard InChI is InChI=1S/C17H26ClN3/c1-5-14(3)20(4)10-11-21-16-12-13(2)6-7-15(16)19-17(21)8-9-18/h6-7,12,14H,5,8-11H2,1-4H3. The first-order chi connectivity index (χ1) is 10.1. The largest absolute Gasteiger partial charge is 0.327 e. The molecule has 1 heterocycles. The van der Waals surface area contributed by atoms with Gasteiger partial charge in [0.15, 0.2) is 0 Å². The summed E-state index contributed by atoms with van der Waals surface area (Å²) >= 11 is 5.94. The molecule has 0 saturated carbocycles. The minimum atomic E-state index is 0.609. The third-order valence-electron chi connectivity index (χ3n) is 4.32. The molecular formula is C17H26ClN3. The fraction of sp³-hybridized carbons (Fsp3) is 0.588. The van der Waals surface area contributed by atoms with Gasteiger partial charge < -0.3 is 9.47 Å². The number of aryl methyl sites for hydroxylation is 2. The average Bonchev–Trinajstić information content (AvgIpc) is 2.81. The number of benzene rings is 1. The number of fused-ring (bicyclic) bond motifs is 1. The fourth-order valence-electron chi connectivity index (χ4n) is 2.60. The molecule has 116 valence electrons. The third-order valence-corrected chi connectivity index (χ3v) is 4.51. The van der Waals surface area contributed by atoms with Crippen LogP contribution in [0.15, 0.2) is 18.2 Å². The summed E-state index contributed by atoms with van der Waals surface area (Å²) in [7, 11) is 2.19. The number of aromatic nitrogens is 2. The van der Waals surface area contributed by atoms with Crippen molar-refractivity contribution in [3.05, 3.63) is 29.6 Å². The van der Waals surface area contributed by atoms with Crippen molar-refractivity contribution in [1.82, 2.24) is 14.5 Å². The van der Waals surface area contributed by atoms with Gasteiger partial charge in [0, 0.05) is 31.4 Å². The molecule has 0 spiro atoms. The highest BCUT2D eigenvalue weighted by atomic mass is 35.5. The van der Waals surface area contributed by atoms with E-state index in [1.54, 1.807) is 0 Å². The summed E-state index contributed by atoms with van der Waals surface area (Å²) in [5.74, 6) is 1.71. The first-order valence-corrected chi connectivity index (χ1v) is 8.32. The lowest BCUT2D eigenvalue weighted by molar-refractivity contribution is 0.242. The molecule has 0 aliphatic rings. The summed E-state index contributed by atoms with van der Waals surface area (Å²) in [5, 5.41) is 0. The Bertz CT molecular complexity index is 591. The predicted octanol–water partition coefficient (Wildman–Crippen LogP) is 3.86. The Morgan fingerprint density at radius 2 is 2.14 bits per heavy atom. The van der Waals surface area contributed by atoms with E-state index < -0.39 is 0 Å². The zero-order valence-corrected chi connectivity index (χ0v) is 14.3. The van der Waals surface area contributed by atoms with E-state index in [-0.39, 0.29) is 0 Å². The predicted molar refractivity (Wildman–Crippen MR) is 91.3 cm³/mol. The smallest absolute Gasteiger partial charge is 0.111 e. The lowest BCUT2D eigenvalue weighted by Gasteiger charge is -2.24. The molecule has 0 fully saturated rings. The molecule has 0 aliphatic heterocycles. The van der Waals surface area contributed by atoms with E-state index in [9.17, 15) is 0 Å². The van der Waals surface area contributed by atoms with Crippen LogP contribution in [-0.2, 0) is 13.0 Å². The number of nitrogens with zero attached hydrogens (tertiary/aromatic N) is 3. The fourth-order valence-corrected chi connectivity index (χ4v) is 2.77. The Labute approximate surface area is 132 Å². The lowest BCUT2D eigenvalue weighted by Crippen LogP contribution is -2.31. The van der Waals surface area contributed by atoms with Gasteiger partial charge in [-0.1, -0.05) is 13.0 Å². The van der Waals surface area contributed by atoms with Gasteiger partial charge in [-0.3, -0.25) is 0 Å². The van der Waals surface area contributed by atoms with Crippen LogP contribution < -0.4 is 0 Å². The number of hydrogen-bond acceptors (Lipinski definition) is 2. The Balaban J connectivity index is 2.27. The zero-order chi connectivity index (χ0) is 15.4. The monoisotopic (exact) mass is 307 g/mol. The van der Waals surface area contributed by atoms with Crippen molar-refractivity contribution in [1.29, 1.82) is 0 Å². The van der Waals surface area contributed by atoms with E-state index in [0.717, 1.165) is 30.9 Å². The maximum atomic E-state index is 5.94. The van der Waals surface area contributed by atoms with Gasteiger partial charge in [0.25, 0.3) is 0 Å². The molecule has 1 aromatic heterocycles. The summed E-state index contributed by atoms with van der Waals surface area (Å²) in [4.78, 5) is 7.16. The molecule has 0 amide bonds. The normalized spacial score (nSPS) is 13.2. The molecule has 4 heteroatoms. The Morgan fingerprint density at radius 1 is 1.38 bits per heavy atom. The van der Waals surface area contributed by atoms with Crippen molar-refractivity contribution in [2.45, 2.75) is 46.2 Å². The minimum absolute atomic E-state index is 0.609. The molecule has 0 bridgehead atoms. The van der Waals surface area contributed by atoms with E-state index in [1.807, 2.05) is 0 Å². The van der Waals surface area contributed by atoms with Crippen molar-refractivity contribution in [3.8, 4) is 0 Å².